The van der Waals surface area contributed by atoms with Crippen LogP contribution < -0.4 is 4.90 Å². The lowest BCUT2D eigenvalue weighted by atomic mass is 10.1. The molecule has 0 bridgehead atoms. The van der Waals surface area contributed by atoms with Crippen LogP contribution in [0.4, 0.5) is 5.95 Å². The van der Waals surface area contributed by atoms with Gasteiger partial charge < -0.3 is 19.1 Å². The van der Waals surface area contributed by atoms with E-state index in [0.717, 1.165) is 49.5 Å². The zero-order valence-electron chi connectivity index (χ0n) is 15.1. The van der Waals surface area contributed by atoms with Gasteiger partial charge in [-0.05, 0) is 19.8 Å². The average Bonchev–Trinajstić information content (AvgIpc) is 3.33. The Morgan fingerprint density at radius 1 is 1.27 bits per heavy atom. The molecular weight excluding hydrogens is 334 g/mol. The van der Waals surface area contributed by atoms with E-state index in [1.54, 1.807) is 13.1 Å². The predicted octanol–water partition coefficient (Wildman–Crippen LogP) is 1.96. The topological polar surface area (TPSA) is 84.6 Å². The number of ether oxygens (including phenoxy) is 1. The number of aromatic nitrogens is 3. The molecule has 0 spiro atoms. The Balaban J connectivity index is 1.63. The first-order valence-corrected chi connectivity index (χ1v) is 9.04. The van der Waals surface area contributed by atoms with Gasteiger partial charge in [-0.1, -0.05) is 5.16 Å². The highest BCUT2D eigenvalue weighted by molar-refractivity contribution is 5.73. The lowest BCUT2D eigenvalue weighted by Gasteiger charge is -2.34. The molecule has 2 aromatic rings. The molecule has 1 atom stereocenters. The second-order valence-electron chi connectivity index (χ2n) is 6.80. The summed E-state index contributed by atoms with van der Waals surface area (Å²) in [6.45, 7) is 7.08. The number of anilines is 1. The maximum Gasteiger partial charge on any atom is 0.225 e. The summed E-state index contributed by atoms with van der Waals surface area (Å²) in [5.74, 6) is 1.46. The van der Waals surface area contributed by atoms with Crippen molar-refractivity contribution in [1.29, 1.82) is 0 Å². The van der Waals surface area contributed by atoms with E-state index in [1.807, 2.05) is 17.9 Å². The summed E-state index contributed by atoms with van der Waals surface area (Å²) < 4.78 is 11.3. The molecule has 138 valence electrons. The zero-order chi connectivity index (χ0) is 18.1. The van der Waals surface area contributed by atoms with Crippen LogP contribution in [0.15, 0.2) is 16.8 Å². The Labute approximate surface area is 152 Å². The number of amides is 1. The normalized spacial score (nSPS) is 20.6. The van der Waals surface area contributed by atoms with E-state index in [4.69, 9.17) is 14.2 Å². The number of carbonyl (C=O) groups excluding carboxylic acids is 1. The van der Waals surface area contributed by atoms with Gasteiger partial charge in [0.25, 0.3) is 0 Å². The first-order chi connectivity index (χ1) is 12.6. The Morgan fingerprint density at radius 2 is 2.08 bits per heavy atom. The number of aryl methyl sites for hydroxylation is 1. The molecule has 2 saturated heterocycles. The highest BCUT2D eigenvalue weighted by atomic mass is 16.5. The van der Waals surface area contributed by atoms with Gasteiger partial charge in [0.1, 0.15) is 6.10 Å². The molecule has 4 heterocycles. The van der Waals surface area contributed by atoms with Gasteiger partial charge in [0, 0.05) is 52.0 Å². The van der Waals surface area contributed by atoms with E-state index in [0.29, 0.717) is 24.8 Å². The van der Waals surface area contributed by atoms with Crippen molar-refractivity contribution in [3.63, 3.8) is 0 Å². The zero-order valence-corrected chi connectivity index (χ0v) is 15.1. The molecule has 8 nitrogen and oxygen atoms in total. The fourth-order valence-electron chi connectivity index (χ4n) is 3.48. The number of hydrogen-bond donors (Lipinski definition) is 0. The second-order valence-corrected chi connectivity index (χ2v) is 6.80. The minimum Gasteiger partial charge on any atom is -0.372 e. The van der Waals surface area contributed by atoms with Gasteiger partial charge in [-0.25, -0.2) is 9.97 Å². The molecule has 4 rings (SSSR count). The number of rotatable bonds is 3. The molecule has 0 saturated carbocycles. The predicted molar refractivity (Wildman–Crippen MR) is 94.7 cm³/mol. The molecule has 0 unspecified atom stereocenters. The first-order valence-electron chi connectivity index (χ1n) is 9.04. The number of nitrogens with zero attached hydrogens (tertiary/aromatic N) is 5. The van der Waals surface area contributed by atoms with Crippen LogP contribution in [0.25, 0.3) is 11.3 Å². The van der Waals surface area contributed by atoms with Crippen LogP contribution in [0.1, 0.15) is 37.3 Å². The maximum absolute atomic E-state index is 11.5. The van der Waals surface area contributed by atoms with Crippen molar-refractivity contribution < 1.29 is 14.1 Å². The molecule has 2 aliphatic heterocycles. The Kier molecular flexibility index (Phi) is 4.58. The van der Waals surface area contributed by atoms with Gasteiger partial charge in [0.2, 0.25) is 11.9 Å². The molecule has 2 aliphatic rings. The van der Waals surface area contributed by atoms with Gasteiger partial charge in [0.15, 0.2) is 5.76 Å². The maximum atomic E-state index is 11.5. The summed E-state index contributed by atoms with van der Waals surface area (Å²) in [7, 11) is 0. The summed E-state index contributed by atoms with van der Waals surface area (Å²) >= 11 is 0. The van der Waals surface area contributed by atoms with Gasteiger partial charge in [-0.15, -0.1) is 0 Å². The molecule has 26 heavy (non-hydrogen) atoms. The van der Waals surface area contributed by atoms with Crippen molar-refractivity contribution in [1.82, 2.24) is 20.0 Å². The molecule has 2 fully saturated rings. The molecule has 2 aromatic heterocycles. The van der Waals surface area contributed by atoms with Gasteiger partial charge in [-0.2, -0.15) is 0 Å². The smallest absolute Gasteiger partial charge is 0.225 e. The van der Waals surface area contributed by atoms with Crippen LogP contribution in [-0.2, 0) is 9.53 Å². The van der Waals surface area contributed by atoms with Crippen molar-refractivity contribution in [3.05, 3.63) is 23.7 Å². The highest BCUT2D eigenvalue weighted by Gasteiger charge is 2.27. The highest BCUT2D eigenvalue weighted by Crippen LogP contribution is 2.35. The Hall–Kier alpha value is -2.48. The lowest BCUT2D eigenvalue weighted by molar-refractivity contribution is -0.129. The van der Waals surface area contributed by atoms with E-state index >= 15 is 0 Å². The van der Waals surface area contributed by atoms with Crippen molar-refractivity contribution in [3.8, 4) is 11.3 Å². The third kappa shape index (κ3) is 3.29. The summed E-state index contributed by atoms with van der Waals surface area (Å²) in [4.78, 5) is 24.9. The monoisotopic (exact) mass is 357 g/mol. The van der Waals surface area contributed by atoms with Gasteiger partial charge in [-0.3, -0.25) is 4.79 Å². The SMILES string of the molecule is CC(=O)N1CCN(c2ncc(-c3cc(C)no3)c([C@H]3CCCO3)n2)CC1. The molecule has 0 radical (unpaired) electrons. The van der Waals surface area contributed by atoms with Gasteiger partial charge >= 0.3 is 0 Å². The third-order valence-corrected chi connectivity index (χ3v) is 4.94. The van der Waals surface area contributed by atoms with E-state index in [9.17, 15) is 4.79 Å². The lowest BCUT2D eigenvalue weighted by Crippen LogP contribution is -2.48. The molecule has 1 amide bonds. The van der Waals surface area contributed by atoms with Gasteiger partial charge in [0.05, 0.1) is 17.0 Å². The van der Waals surface area contributed by atoms with E-state index in [-0.39, 0.29) is 12.0 Å². The average molecular weight is 357 g/mol. The van der Waals surface area contributed by atoms with Crippen LogP contribution >= 0.6 is 0 Å². The van der Waals surface area contributed by atoms with Crippen LogP contribution in [0.2, 0.25) is 0 Å². The van der Waals surface area contributed by atoms with Crippen LogP contribution in [0.5, 0.6) is 0 Å². The van der Waals surface area contributed by atoms with E-state index in [2.05, 4.69) is 15.0 Å². The van der Waals surface area contributed by atoms with Crippen molar-refractivity contribution >= 4 is 11.9 Å². The molecule has 0 N–H and O–H groups in total. The van der Waals surface area contributed by atoms with Crippen molar-refractivity contribution in [2.24, 2.45) is 0 Å². The number of piperazine rings is 1. The Morgan fingerprint density at radius 3 is 2.69 bits per heavy atom. The van der Waals surface area contributed by atoms with Crippen LogP contribution in [0.3, 0.4) is 0 Å². The summed E-state index contributed by atoms with van der Waals surface area (Å²) in [5.41, 5.74) is 2.52. The van der Waals surface area contributed by atoms with Crippen LogP contribution in [0, 0.1) is 6.92 Å². The largest absolute Gasteiger partial charge is 0.372 e. The summed E-state index contributed by atoms with van der Waals surface area (Å²) in [6, 6.07) is 1.89. The minimum absolute atomic E-state index is 0.0457. The Bertz CT molecular complexity index is 792. The molecule has 0 aromatic carbocycles. The van der Waals surface area contributed by atoms with Crippen LogP contribution in [-0.4, -0.2) is 58.7 Å². The summed E-state index contributed by atoms with van der Waals surface area (Å²) in [5, 5.41) is 3.98. The summed E-state index contributed by atoms with van der Waals surface area (Å²) in [6.07, 6.45) is 3.72. The molecule has 8 heteroatoms. The standard InChI is InChI=1S/C18H23N5O3/c1-12-10-16(26-21-12)14-11-19-18(20-17(14)15-4-3-9-25-15)23-7-5-22(6-8-23)13(2)24/h10-11,15H,3-9H2,1-2H3/t15-/m1/s1. The quantitative estimate of drug-likeness (QED) is 0.830. The van der Waals surface area contributed by atoms with E-state index < -0.39 is 0 Å². The third-order valence-electron chi connectivity index (χ3n) is 4.94. The number of hydrogen-bond acceptors (Lipinski definition) is 7. The van der Waals surface area contributed by atoms with Crippen molar-refractivity contribution in [2.45, 2.75) is 32.8 Å². The van der Waals surface area contributed by atoms with E-state index in [1.165, 1.54) is 0 Å². The fraction of sp³-hybridized carbons (Fsp3) is 0.556. The fourth-order valence-corrected chi connectivity index (χ4v) is 3.48. The number of carbonyl (C=O) groups is 1. The molecule has 0 aliphatic carbocycles. The molecular formula is C18H23N5O3. The minimum atomic E-state index is -0.0457. The van der Waals surface area contributed by atoms with Crippen molar-refractivity contribution in [2.75, 3.05) is 37.7 Å². The second kappa shape index (κ2) is 7.03. The first kappa shape index (κ1) is 17.0.